The molecule has 2 aliphatic rings. The zero-order valence-electron chi connectivity index (χ0n) is 18.0. The van der Waals surface area contributed by atoms with Gasteiger partial charge >= 0.3 is 0 Å². The van der Waals surface area contributed by atoms with Gasteiger partial charge in [-0.05, 0) is 44.0 Å². The van der Waals surface area contributed by atoms with Crippen molar-refractivity contribution in [3.63, 3.8) is 0 Å². The van der Waals surface area contributed by atoms with Gasteiger partial charge in [0.05, 0.1) is 19.4 Å². The third-order valence-electron chi connectivity index (χ3n) is 6.91. The number of amides is 2. The number of aromatic nitrogens is 1. The fraction of sp³-hybridized carbons (Fsp3) is 0.440. The van der Waals surface area contributed by atoms with Crippen LogP contribution >= 0.6 is 0 Å². The fourth-order valence-corrected chi connectivity index (χ4v) is 5.08. The highest BCUT2D eigenvalue weighted by molar-refractivity contribution is 6.03. The number of furan rings is 1. The van der Waals surface area contributed by atoms with E-state index in [-0.39, 0.29) is 24.4 Å². The van der Waals surface area contributed by atoms with Crippen molar-refractivity contribution in [1.29, 1.82) is 0 Å². The van der Waals surface area contributed by atoms with E-state index in [1.54, 1.807) is 11.2 Å². The lowest BCUT2D eigenvalue weighted by Crippen LogP contribution is -2.64. The Morgan fingerprint density at radius 3 is 2.65 bits per heavy atom. The minimum atomic E-state index is -1.01. The average Bonchev–Trinajstić information content (AvgIpc) is 3.33. The van der Waals surface area contributed by atoms with E-state index in [2.05, 4.69) is 5.32 Å². The summed E-state index contributed by atoms with van der Waals surface area (Å²) < 4.78 is 7.54. The first-order chi connectivity index (χ1) is 15.1. The van der Waals surface area contributed by atoms with E-state index in [4.69, 9.17) is 4.42 Å². The first kappa shape index (κ1) is 19.9. The molecule has 1 aliphatic carbocycles. The molecule has 0 bridgehead atoms. The summed E-state index contributed by atoms with van der Waals surface area (Å²) in [4.78, 5) is 29.1. The van der Waals surface area contributed by atoms with Crippen LogP contribution in [0.1, 0.15) is 61.7 Å². The van der Waals surface area contributed by atoms with Crippen LogP contribution in [-0.2, 0) is 17.9 Å². The molecule has 2 amide bonds. The van der Waals surface area contributed by atoms with Gasteiger partial charge in [0.1, 0.15) is 17.0 Å². The van der Waals surface area contributed by atoms with Crippen LogP contribution in [0.2, 0.25) is 0 Å². The minimum absolute atomic E-state index is 0.0808. The Balaban J connectivity index is 1.53. The highest BCUT2D eigenvalue weighted by Gasteiger charge is 2.48. The summed E-state index contributed by atoms with van der Waals surface area (Å²) in [5, 5.41) is 4.30. The van der Waals surface area contributed by atoms with E-state index in [1.807, 2.05) is 54.0 Å². The lowest BCUT2D eigenvalue weighted by Gasteiger charge is -2.44. The molecule has 1 saturated carbocycles. The molecule has 1 fully saturated rings. The van der Waals surface area contributed by atoms with Gasteiger partial charge in [-0.1, -0.05) is 43.9 Å². The van der Waals surface area contributed by atoms with E-state index in [1.165, 1.54) is 12.8 Å². The van der Waals surface area contributed by atoms with Crippen LogP contribution in [0.15, 0.2) is 53.1 Å². The second-order valence-electron chi connectivity index (χ2n) is 9.08. The summed E-state index contributed by atoms with van der Waals surface area (Å²) in [7, 11) is 0. The number of carbonyl (C=O) groups is 2. The van der Waals surface area contributed by atoms with Gasteiger partial charge < -0.3 is 19.2 Å². The maximum Gasteiger partial charge on any atom is 0.271 e. The number of nitrogens with one attached hydrogen (secondary N) is 1. The van der Waals surface area contributed by atoms with Gasteiger partial charge in [-0.15, -0.1) is 0 Å². The predicted octanol–water partition coefficient (Wildman–Crippen LogP) is 4.49. The summed E-state index contributed by atoms with van der Waals surface area (Å²) in [6.45, 7) is 2.57. The van der Waals surface area contributed by atoms with Gasteiger partial charge in [0.25, 0.3) is 5.91 Å². The summed E-state index contributed by atoms with van der Waals surface area (Å²) in [6.07, 6.45) is 8.35. The first-order valence-electron chi connectivity index (χ1n) is 11.3. The molecule has 1 aromatic carbocycles. The van der Waals surface area contributed by atoms with E-state index in [0.29, 0.717) is 18.0 Å². The Hall–Kier alpha value is -3.02. The van der Waals surface area contributed by atoms with Crippen LogP contribution in [-0.4, -0.2) is 32.9 Å². The predicted molar refractivity (Wildman–Crippen MR) is 119 cm³/mol. The van der Waals surface area contributed by atoms with Crippen molar-refractivity contribution in [1.82, 2.24) is 14.8 Å². The number of rotatable bonds is 4. The molecule has 6 heteroatoms. The highest BCUT2D eigenvalue weighted by Crippen LogP contribution is 2.34. The SMILES string of the molecule is CC1(C(=O)NC2CCCCCC2)Cn2c(cc3ccccc32)C(=O)N1Cc1ccco1. The summed E-state index contributed by atoms with van der Waals surface area (Å²) in [5.41, 5.74) is 0.592. The van der Waals surface area contributed by atoms with Crippen molar-refractivity contribution in [3.05, 3.63) is 60.2 Å². The van der Waals surface area contributed by atoms with E-state index in [0.717, 1.165) is 36.6 Å². The largest absolute Gasteiger partial charge is 0.467 e. The van der Waals surface area contributed by atoms with Crippen molar-refractivity contribution in [2.24, 2.45) is 0 Å². The number of hydrogen-bond acceptors (Lipinski definition) is 3. The first-order valence-corrected chi connectivity index (χ1v) is 11.3. The minimum Gasteiger partial charge on any atom is -0.467 e. The molecule has 6 nitrogen and oxygen atoms in total. The Bertz CT molecular complexity index is 1090. The van der Waals surface area contributed by atoms with Crippen LogP contribution < -0.4 is 5.32 Å². The van der Waals surface area contributed by atoms with Gasteiger partial charge in [-0.25, -0.2) is 0 Å². The maximum absolute atomic E-state index is 13.7. The van der Waals surface area contributed by atoms with Crippen LogP contribution in [0.5, 0.6) is 0 Å². The molecule has 5 rings (SSSR count). The van der Waals surface area contributed by atoms with Crippen molar-refractivity contribution >= 4 is 22.7 Å². The lowest BCUT2D eigenvalue weighted by molar-refractivity contribution is -0.134. The quantitative estimate of drug-likeness (QED) is 0.634. The second kappa shape index (κ2) is 7.91. The Morgan fingerprint density at radius 1 is 1.13 bits per heavy atom. The molecule has 162 valence electrons. The zero-order chi connectivity index (χ0) is 21.4. The van der Waals surface area contributed by atoms with Crippen LogP contribution in [0.4, 0.5) is 0 Å². The number of hydrogen-bond donors (Lipinski definition) is 1. The molecular weight excluding hydrogens is 390 g/mol. The molecule has 31 heavy (non-hydrogen) atoms. The third-order valence-corrected chi connectivity index (χ3v) is 6.91. The summed E-state index contributed by atoms with van der Waals surface area (Å²) in [6, 6.07) is 13.7. The van der Waals surface area contributed by atoms with E-state index >= 15 is 0 Å². The molecule has 1 atom stereocenters. The zero-order valence-corrected chi connectivity index (χ0v) is 18.0. The topological polar surface area (TPSA) is 67.5 Å². The van der Waals surface area contributed by atoms with Crippen molar-refractivity contribution in [2.45, 2.75) is 70.1 Å². The summed E-state index contributed by atoms with van der Waals surface area (Å²) >= 11 is 0. The van der Waals surface area contributed by atoms with Gasteiger partial charge in [0.2, 0.25) is 5.91 Å². The molecule has 0 spiro atoms. The molecule has 3 aromatic rings. The second-order valence-corrected chi connectivity index (χ2v) is 9.08. The fourth-order valence-electron chi connectivity index (χ4n) is 5.08. The van der Waals surface area contributed by atoms with Crippen LogP contribution in [0.25, 0.3) is 10.9 Å². The average molecular weight is 420 g/mol. The van der Waals surface area contributed by atoms with Gasteiger partial charge in [0.15, 0.2) is 0 Å². The Kier molecular flexibility index (Phi) is 5.08. The number of fused-ring (bicyclic) bond motifs is 3. The standard InChI is InChI=1S/C25H29N3O3/c1-25(24(30)26-19-10-4-2-3-5-11-19)17-27-21-13-7-6-9-18(21)15-22(27)23(29)28(25)16-20-12-8-14-31-20/h6-9,12-15,19H,2-5,10-11,16-17H2,1H3,(H,26,30). The van der Waals surface area contributed by atoms with E-state index < -0.39 is 5.54 Å². The van der Waals surface area contributed by atoms with Gasteiger partial charge in [0, 0.05) is 16.9 Å². The van der Waals surface area contributed by atoms with Crippen LogP contribution in [0.3, 0.4) is 0 Å². The Labute approximate surface area is 182 Å². The van der Waals surface area contributed by atoms with Crippen molar-refractivity contribution in [3.8, 4) is 0 Å². The highest BCUT2D eigenvalue weighted by atomic mass is 16.3. The smallest absolute Gasteiger partial charge is 0.271 e. The van der Waals surface area contributed by atoms with Crippen molar-refractivity contribution in [2.75, 3.05) is 0 Å². The molecule has 1 aliphatic heterocycles. The number of nitrogens with zero attached hydrogens (tertiary/aromatic N) is 2. The third kappa shape index (κ3) is 3.54. The van der Waals surface area contributed by atoms with Gasteiger partial charge in [-0.2, -0.15) is 0 Å². The Morgan fingerprint density at radius 2 is 1.90 bits per heavy atom. The maximum atomic E-state index is 13.7. The molecular formula is C25H29N3O3. The normalized spacial score (nSPS) is 22.4. The number of carbonyl (C=O) groups excluding carboxylic acids is 2. The van der Waals surface area contributed by atoms with E-state index in [9.17, 15) is 9.59 Å². The van der Waals surface area contributed by atoms with Crippen molar-refractivity contribution < 1.29 is 14.0 Å². The lowest BCUT2D eigenvalue weighted by atomic mass is 9.93. The number of benzene rings is 1. The summed E-state index contributed by atoms with van der Waals surface area (Å²) in [5.74, 6) is 0.450. The van der Waals surface area contributed by atoms with Crippen LogP contribution in [0, 0.1) is 0 Å². The molecule has 2 aromatic heterocycles. The molecule has 0 saturated heterocycles. The molecule has 1 N–H and O–H groups in total. The van der Waals surface area contributed by atoms with Gasteiger partial charge in [-0.3, -0.25) is 9.59 Å². The molecule has 3 heterocycles. The number of para-hydroxylation sites is 1. The molecule has 0 radical (unpaired) electrons. The molecule has 1 unspecified atom stereocenters. The monoisotopic (exact) mass is 419 g/mol.